The highest BCUT2D eigenvalue weighted by atomic mass is 16.5. The molecule has 0 atom stereocenters. The summed E-state index contributed by atoms with van der Waals surface area (Å²) in [6.45, 7) is 4.00. The van der Waals surface area contributed by atoms with Crippen LogP contribution in [0.3, 0.4) is 0 Å². The van der Waals surface area contributed by atoms with Gasteiger partial charge >= 0.3 is 0 Å². The Labute approximate surface area is 123 Å². The maximum Gasteiger partial charge on any atom is 0.172 e. The minimum absolute atomic E-state index is 0.0169. The van der Waals surface area contributed by atoms with Gasteiger partial charge in [0, 0.05) is 24.5 Å². The number of methoxy groups -OCH3 is 1. The predicted octanol–water partition coefficient (Wildman–Crippen LogP) is 1.50. The molecule has 7 nitrogen and oxygen atoms in total. The molecule has 7 heteroatoms. The minimum atomic E-state index is 0.0169. The van der Waals surface area contributed by atoms with Gasteiger partial charge in [0.1, 0.15) is 11.6 Å². The van der Waals surface area contributed by atoms with Crippen LogP contribution in [0.25, 0.3) is 5.69 Å². The van der Waals surface area contributed by atoms with Crippen molar-refractivity contribution < 1.29 is 9.94 Å². The quantitative estimate of drug-likeness (QED) is 0.376. The first-order valence-corrected chi connectivity index (χ1v) is 6.75. The number of amidine groups is 1. The van der Waals surface area contributed by atoms with Crippen molar-refractivity contribution >= 4 is 5.84 Å². The van der Waals surface area contributed by atoms with Crippen LogP contribution in [0.2, 0.25) is 0 Å². The van der Waals surface area contributed by atoms with E-state index < -0.39 is 0 Å². The Kier molecular flexibility index (Phi) is 4.42. The predicted molar refractivity (Wildman–Crippen MR) is 79.2 cm³/mol. The second-order valence-corrected chi connectivity index (χ2v) is 4.43. The SMILES string of the molecule is CCc1nc(CC)n(-c2cc(OC)ccc2/C(N)=N/O)n1. The first-order chi connectivity index (χ1) is 10.1. The van der Waals surface area contributed by atoms with Gasteiger partial charge in [0.05, 0.1) is 12.8 Å². The lowest BCUT2D eigenvalue weighted by Gasteiger charge is -2.11. The molecule has 0 spiro atoms. The summed E-state index contributed by atoms with van der Waals surface area (Å²) < 4.78 is 6.96. The molecule has 0 amide bonds. The van der Waals surface area contributed by atoms with Crippen molar-refractivity contribution in [3.63, 3.8) is 0 Å². The van der Waals surface area contributed by atoms with Crippen LogP contribution in [0.15, 0.2) is 23.4 Å². The Hall–Kier alpha value is -2.57. The lowest BCUT2D eigenvalue weighted by Crippen LogP contribution is -2.17. The molecule has 3 N–H and O–H groups in total. The molecule has 0 aliphatic rings. The lowest BCUT2D eigenvalue weighted by molar-refractivity contribution is 0.318. The second-order valence-electron chi connectivity index (χ2n) is 4.43. The number of aromatic nitrogens is 3. The van der Waals surface area contributed by atoms with E-state index in [2.05, 4.69) is 15.2 Å². The van der Waals surface area contributed by atoms with Crippen molar-refractivity contribution in [2.24, 2.45) is 10.9 Å². The van der Waals surface area contributed by atoms with Crippen LogP contribution in [0, 0.1) is 0 Å². The van der Waals surface area contributed by atoms with Crippen molar-refractivity contribution in [1.82, 2.24) is 14.8 Å². The normalized spacial score (nSPS) is 11.7. The van der Waals surface area contributed by atoms with Crippen LogP contribution in [-0.2, 0) is 12.8 Å². The van der Waals surface area contributed by atoms with Crippen molar-refractivity contribution in [3.8, 4) is 11.4 Å². The zero-order valence-corrected chi connectivity index (χ0v) is 12.4. The summed E-state index contributed by atoms with van der Waals surface area (Å²) in [4.78, 5) is 4.47. The van der Waals surface area contributed by atoms with Gasteiger partial charge in [0.2, 0.25) is 0 Å². The van der Waals surface area contributed by atoms with Gasteiger partial charge in [0.15, 0.2) is 11.7 Å². The van der Waals surface area contributed by atoms with E-state index in [-0.39, 0.29) is 5.84 Å². The summed E-state index contributed by atoms with van der Waals surface area (Å²) in [6.07, 6.45) is 1.46. The lowest BCUT2D eigenvalue weighted by atomic mass is 10.1. The maximum absolute atomic E-state index is 8.95. The zero-order valence-electron chi connectivity index (χ0n) is 12.4. The van der Waals surface area contributed by atoms with Crippen LogP contribution in [0.1, 0.15) is 31.1 Å². The molecule has 0 fully saturated rings. The van der Waals surface area contributed by atoms with Crippen molar-refractivity contribution in [2.45, 2.75) is 26.7 Å². The third-order valence-electron chi connectivity index (χ3n) is 3.17. The zero-order chi connectivity index (χ0) is 15.4. The fraction of sp³-hybridized carbons (Fsp3) is 0.357. The van der Waals surface area contributed by atoms with E-state index in [1.807, 2.05) is 13.8 Å². The standard InChI is InChI=1S/C14H19N5O2/c1-4-12-16-13(5-2)19(17-12)11-8-9(21-3)6-7-10(11)14(15)18-20/h6-8,20H,4-5H2,1-3H3,(H2,15,18). The van der Waals surface area contributed by atoms with E-state index in [0.717, 1.165) is 24.5 Å². The third-order valence-corrected chi connectivity index (χ3v) is 3.17. The summed E-state index contributed by atoms with van der Waals surface area (Å²) in [5, 5.41) is 16.5. The van der Waals surface area contributed by atoms with E-state index in [1.54, 1.807) is 30.0 Å². The maximum atomic E-state index is 8.95. The topological polar surface area (TPSA) is 98.6 Å². The smallest absolute Gasteiger partial charge is 0.172 e. The molecule has 1 aromatic carbocycles. The molecular formula is C14H19N5O2. The molecule has 0 unspecified atom stereocenters. The number of hydrogen-bond acceptors (Lipinski definition) is 5. The number of nitrogens with two attached hydrogens (primary N) is 1. The number of oxime groups is 1. The fourth-order valence-electron chi connectivity index (χ4n) is 2.05. The van der Waals surface area contributed by atoms with Crippen molar-refractivity contribution in [3.05, 3.63) is 35.4 Å². The monoisotopic (exact) mass is 289 g/mol. The molecule has 0 bridgehead atoms. The third kappa shape index (κ3) is 2.81. The molecule has 2 aromatic rings. The molecule has 0 saturated carbocycles. The molecule has 112 valence electrons. The number of ether oxygens (including phenoxy) is 1. The Morgan fingerprint density at radius 3 is 2.71 bits per heavy atom. The van der Waals surface area contributed by atoms with Crippen molar-refractivity contribution in [1.29, 1.82) is 0 Å². The summed E-state index contributed by atoms with van der Waals surface area (Å²) >= 11 is 0. The van der Waals surface area contributed by atoms with E-state index in [1.165, 1.54) is 0 Å². The highest BCUT2D eigenvalue weighted by molar-refractivity contribution is 6.00. The number of hydrogen-bond donors (Lipinski definition) is 2. The van der Waals surface area contributed by atoms with E-state index in [9.17, 15) is 0 Å². The van der Waals surface area contributed by atoms with Gasteiger partial charge in [0.25, 0.3) is 0 Å². The van der Waals surface area contributed by atoms with E-state index >= 15 is 0 Å². The second kappa shape index (κ2) is 6.25. The number of aryl methyl sites for hydroxylation is 2. The molecule has 21 heavy (non-hydrogen) atoms. The minimum Gasteiger partial charge on any atom is -0.497 e. The van der Waals surface area contributed by atoms with Gasteiger partial charge in [-0.05, 0) is 12.1 Å². The largest absolute Gasteiger partial charge is 0.497 e. The molecular weight excluding hydrogens is 270 g/mol. The van der Waals surface area contributed by atoms with Gasteiger partial charge in [-0.1, -0.05) is 19.0 Å². The average molecular weight is 289 g/mol. The summed E-state index contributed by atoms with van der Waals surface area (Å²) in [5.41, 5.74) is 7.00. The van der Waals surface area contributed by atoms with Crippen LogP contribution in [-0.4, -0.2) is 32.9 Å². The number of benzene rings is 1. The van der Waals surface area contributed by atoms with Crippen LogP contribution in [0.4, 0.5) is 0 Å². The molecule has 0 aliphatic heterocycles. The van der Waals surface area contributed by atoms with Crippen LogP contribution in [0.5, 0.6) is 5.75 Å². The van der Waals surface area contributed by atoms with Gasteiger partial charge < -0.3 is 15.7 Å². The van der Waals surface area contributed by atoms with Gasteiger partial charge in [-0.25, -0.2) is 9.67 Å². The molecule has 1 heterocycles. The molecule has 0 saturated heterocycles. The Morgan fingerprint density at radius 1 is 1.38 bits per heavy atom. The number of nitrogens with zero attached hydrogens (tertiary/aromatic N) is 4. The first kappa shape index (κ1) is 14.8. The molecule has 0 radical (unpaired) electrons. The summed E-state index contributed by atoms with van der Waals surface area (Å²) in [7, 11) is 1.59. The summed E-state index contributed by atoms with van der Waals surface area (Å²) in [6, 6.07) is 5.27. The highest BCUT2D eigenvalue weighted by Crippen LogP contribution is 2.22. The Balaban J connectivity index is 2.68. The van der Waals surface area contributed by atoms with E-state index in [0.29, 0.717) is 17.0 Å². The van der Waals surface area contributed by atoms with Crippen molar-refractivity contribution in [2.75, 3.05) is 7.11 Å². The molecule has 2 rings (SSSR count). The van der Waals surface area contributed by atoms with Gasteiger partial charge in [-0.15, -0.1) is 0 Å². The summed E-state index contributed by atoms with van der Waals surface area (Å²) in [5.74, 6) is 2.24. The van der Waals surface area contributed by atoms with Gasteiger partial charge in [-0.2, -0.15) is 5.10 Å². The fourth-order valence-corrected chi connectivity index (χ4v) is 2.05. The Morgan fingerprint density at radius 2 is 2.14 bits per heavy atom. The highest BCUT2D eigenvalue weighted by Gasteiger charge is 2.16. The first-order valence-electron chi connectivity index (χ1n) is 6.75. The molecule has 0 aliphatic carbocycles. The molecule has 1 aromatic heterocycles. The van der Waals surface area contributed by atoms with Crippen LogP contribution < -0.4 is 10.5 Å². The number of rotatable bonds is 5. The van der Waals surface area contributed by atoms with Crippen LogP contribution >= 0.6 is 0 Å². The van der Waals surface area contributed by atoms with E-state index in [4.69, 9.17) is 15.7 Å². The van der Waals surface area contributed by atoms with Gasteiger partial charge in [-0.3, -0.25) is 0 Å². The average Bonchev–Trinajstić information content (AvgIpc) is 2.96. The Bertz CT molecular complexity index is 663.